The largest absolute Gasteiger partial charge is 0.345 e. The summed E-state index contributed by atoms with van der Waals surface area (Å²) in [5, 5.41) is 26.2. The number of non-ortho nitro benzene ring substituents is 1. The number of benzene rings is 3. The van der Waals surface area contributed by atoms with Crippen LogP contribution in [0.1, 0.15) is 27.3 Å². The van der Waals surface area contributed by atoms with Crippen LogP contribution in [0.3, 0.4) is 0 Å². The molecule has 2 N–H and O–H groups in total. The van der Waals surface area contributed by atoms with Gasteiger partial charge in [0.05, 0.1) is 33.1 Å². The van der Waals surface area contributed by atoms with Gasteiger partial charge >= 0.3 is 0 Å². The van der Waals surface area contributed by atoms with Crippen molar-refractivity contribution in [1.29, 1.82) is 0 Å². The molecule has 2 heterocycles. The van der Waals surface area contributed by atoms with Gasteiger partial charge < -0.3 is 10.6 Å². The maximum Gasteiger partial charge on any atom is 0.269 e. The van der Waals surface area contributed by atoms with Gasteiger partial charge in [0.15, 0.2) is 16.1 Å². The summed E-state index contributed by atoms with van der Waals surface area (Å²) in [6.07, 6.45) is 0. The molecule has 0 bridgehead atoms. The molecule has 0 aliphatic carbocycles. The van der Waals surface area contributed by atoms with Gasteiger partial charge in [-0.1, -0.05) is 47.4 Å². The summed E-state index contributed by atoms with van der Waals surface area (Å²) in [5.41, 5.74) is 3.91. The number of aromatic nitrogens is 4. The van der Waals surface area contributed by atoms with Crippen molar-refractivity contribution < 1.29 is 14.5 Å². The minimum atomic E-state index is -0.521. The van der Waals surface area contributed by atoms with Crippen LogP contribution in [0.15, 0.2) is 71.9 Å². The second-order valence-electron chi connectivity index (χ2n) is 8.76. The van der Waals surface area contributed by atoms with E-state index in [4.69, 9.17) is 0 Å². The molecule has 13 heteroatoms. The van der Waals surface area contributed by atoms with Crippen LogP contribution >= 0.6 is 23.1 Å². The van der Waals surface area contributed by atoms with Gasteiger partial charge in [0, 0.05) is 17.7 Å². The van der Waals surface area contributed by atoms with Gasteiger partial charge in [-0.15, -0.1) is 10.2 Å². The van der Waals surface area contributed by atoms with E-state index in [1.807, 2.05) is 60.9 Å². The molecule has 11 nitrogen and oxygen atoms in total. The monoisotopic (exact) mass is 573 g/mol. The highest BCUT2D eigenvalue weighted by Crippen LogP contribution is 2.28. The number of nitro benzene ring substituents is 1. The number of fused-ring (bicyclic) bond motifs is 1. The van der Waals surface area contributed by atoms with Crippen molar-refractivity contribution in [3.05, 3.63) is 99.4 Å². The molecule has 3 aromatic carbocycles. The number of para-hydroxylation sites is 1. The number of anilines is 1. The van der Waals surface area contributed by atoms with Crippen LogP contribution in [0, 0.1) is 24.0 Å². The smallest absolute Gasteiger partial charge is 0.269 e. The molecule has 2 aromatic heterocycles. The molecule has 0 aliphatic rings. The molecule has 0 saturated heterocycles. The Balaban J connectivity index is 1.33. The van der Waals surface area contributed by atoms with Crippen molar-refractivity contribution in [3.8, 4) is 5.69 Å². The molecule has 0 saturated carbocycles. The fraction of sp³-hybridized carbons (Fsp3) is 0.148. The summed E-state index contributed by atoms with van der Waals surface area (Å²) < 4.78 is 2.81. The minimum absolute atomic E-state index is 0.0503. The summed E-state index contributed by atoms with van der Waals surface area (Å²) in [6.45, 7) is 4.03. The lowest BCUT2D eigenvalue weighted by atomic mass is 10.1. The number of rotatable bonds is 9. The molecule has 5 aromatic rings. The van der Waals surface area contributed by atoms with Gasteiger partial charge in [0.25, 0.3) is 11.6 Å². The molecule has 202 valence electrons. The first-order valence-corrected chi connectivity index (χ1v) is 13.9. The predicted molar refractivity (Wildman–Crippen MR) is 154 cm³/mol. The Kier molecular flexibility index (Phi) is 7.84. The van der Waals surface area contributed by atoms with Gasteiger partial charge in [-0.2, -0.15) is 0 Å². The number of thiazole rings is 1. The standard InChI is InChI=1S/C27H23N7O4S2/c1-16-6-5-8-21(17(16)2)33-23(14-28-25(36)18-10-12-19(13-11-18)34(37)38)31-32-27(33)39-15-24(35)30-26-29-20-7-3-4-9-22(20)40-26/h3-13H,14-15H2,1-2H3,(H,28,36)(H,29,30,35). The third-order valence-electron chi connectivity index (χ3n) is 6.14. The van der Waals surface area contributed by atoms with Crippen LogP contribution in [0.25, 0.3) is 15.9 Å². The number of carbonyl (C=O) groups excluding carboxylic acids is 2. The lowest BCUT2D eigenvalue weighted by Crippen LogP contribution is -2.24. The van der Waals surface area contributed by atoms with Crippen LogP contribution in [0.4, 0.5) is 10.8 Å². The van der Waals surface area contributed by atoms with E-state index in [9.17, 15) is 19.7 Å². The summed E-state index contributed by atoms with van der Waals surface area (Å²) >= 11 is 2.63. The number of nitro groups is 1. The molecule has 0 aliphatic heterocycles. The number of thioether (sulfide) groups is 1. The molecule has 0 fully saturated rings. The Bertz CT molecular complexity index is 1700. The molecular formula is C27H23N7O4S2. The van der Waals surface area contributed by atoms with E-state index in [2.05, 4.69) is 25.8 Å². The number of amides is 2. The molecular weight excluding hydrogens is 550 g/mol. The van der Waals surface area contributed by atoms with Crippen molar-refractivity contribution in [2.45, 2.75) is 25.5 Å². The Morgan fingerprint density at radius 3 is 2.55 bits per heavy atom. The molecule has 0 atom stereocenters. The maximum absolute atomic E-state index is 12.8. The Hall–Kier alpha value is -4.62. The molecule has 5 rings (SSSR count). The average Bonchev–Trinajstić information content (AvgIpc) is 3.55. The maximum atomic E-state index is 12.8. The minimum Gasteiger partial charge on any atom is -0.345 e. The Morgan fingerprint density at radius 2 is 1.80 bits per heavy atom. The molecule has 0 unspecified atom stereocenters. The Morgan fingerprint density at radius 1 is 1.02 bits per heavy atom. The highest BCUT2D eigenvalue weighted by molar-refractivity contribution is 7.99. The summed E-state index contributed by atoms with van der Waals surface area (Å²) in [4.78, 5) is 40.3. The number of nitrogens with zero attached hydrogens (tertiary/aromatic N) is 5. The van der Waals surface area contributed by atoms with Gasteiger partial charge in [0.1, 0.15) is 0 Å². The normalized spacial score (nSPS) is 10.9. The van der Waals surface area contributed by atoms with E-state index in [1.165, 1.54) is 47.4 Å². The van der Waals surface area contributed by atoms with Gasteiger partial charge in [-0.3, -0.25) is 24.3 Å². The lowest BCUT2D eigenvalue weighted by molar-refractivity contribution is -0.384. The van der Waals surface area contributed by atoms with E-state index >= 15 is 0 Å². The van der Waals surface area contributed by atoms with Crippen LogP contribution in [-0.4, -0.2) is 42.2 Å². The van der Waals surface area contributed by atoms with Crippen LogP contribution in [0.2, 0.25) is 0 Å². The third-order valence-corrected chi connectivity index (χ3v) is 8.02. The van der Waals surface area contributed by atoms with Crippen LogP contribution in [-0.2, 0) is 11.3 Å². The number of hydrogen-bond acceptors (Lipinski definition) is 9. The van der Waals surface area contributed by atoms with Gasteiger partial charge in [-0.05, 0) is 55.3 Å². The average molecular weight is 574 g/mol. The molecule has 0 radical (unpaired) electrons. The second kappa shape index (κ2) is 11.6. The van der Waals surface area contributed by atoms with E-state index in [-0.39, 0.29) is 29.5 Å². The second-order valence-corrected chi connectivity index (χ2v) is 10.7. The SMILES string of the molecule is Cc1cccc(-n2c(CNC(=O)c3ccc([N+](=O)[O-])cc3)nnc2SCC(=O)Nc2nc3ccccc3s2)c1C. The topological polar surface area (TPSA) is 145 Å². The number of nitrogens with one attached hydrogen (secondary N) is 2. The van der Waals surface area contributed by atoms with Crippen molar-refractivity contribution in [2.24, 2.45) is 0 Å². The van der Waals surface area contributed by atoms with E-state index < -0.39 is 10.8 Å². The van der Waals surface area contributed by atoms with Crippen LogP contribution in [0.5, 0.6) is 0 Å². The van der Waals surface area contributed by atoms with Gasteiger partial charge in [-0.25, -0.2) is 4.98 Å². The first-order chi connectivity index (χ1) is 19.3. The summed E-state index contributed by atoms with van der Waals surface area (Å²) in [5.74, 6) is -0.0888. The first kappa shape index (κ1) is 27.0. The Labute approximate surface area is 236 Å². The zero-order chi connectivity index (χ0) is 28.2. The predicted octanol–water partition coefficient (Wildman–Crippen LogP) is 5.06. The zero-order valence-corrected chi connectivity index (χ0v) is 23.1. The lowest BCUT2D eigenvalue weighted by Gasteiger charge is -2.14. The van der Waals surface area contributed by atoms with E-state index in [1.54, 1.807) is 0 Å². The van der Waals surface area contributed by atoms with E-state index in [0.717, 1.165) is 27.0 Å². The fourth-order valence-electron chi connectivity index (χ4n) is 3.94. The summed E-state index contributed by atoms with van der Waals surface area (Å²) in [7, 11) is 0. The van der Waals surface area contributed by atoms with Crippen molar-refractivity contribution in [2.75, 3.05) is 11.1 Å². The zero-order valence-electron chi connectivity index (χ0n) is 21.5. The molecule has 40 heavy (non-hydrogen) atoms. The quantitative estimate of drug-likeness (QED) is 0.141. The fourth-order valence-corrected chi connectivity index (χ4v) is 5.58. The first-order valence-electron chi connectivity index (χ1n) is 12.1. The highest BCUT2D eigenvalue weighted by atomic mass is 32.2. The van der Waals surface area contributed by atoms with Gasteiger partial charge in [0.2, 0.25) is 5.91 Å². The highest BCUT2D eigenvalue weighted by Gasteiger charge is 2.19. The van der Waals surface area contributed by atoms with E-state index in [0.29, 0.717) is 16.1 Å². The number of hydrogen-bond donors (Lipinski definition) is 2. The third kappa shape index (κ3) is 5.84. The number of carbonyl (C=O) groups is 2. The van der Waals surface area contributed by atoms with Crippen molar-refractivity contribution >= 4 is 55.9 Å². The molecule has 0 spiro atoms. The molecule has 2 amide bonds. The van der Waals surface area contributed by atoms with Crippen molar-refractivity contribution in [3.63, 3.8) is 0 Å². The number of aryl methyl sites for hydroxylation is 1. The van der Waals surface area contributed by atoms with Crippen molar-refractivity contribution in [1.82, 2.24) is 25.1 Å². The van der Waals surface area contributed by atoms with Crippen LogP contribution < -0.4 is 10.6 Å². The summed E-state index contributed by atoms with van der Waals surface area (Å²) in [6, 6.07) is 18.9.